The first-order valence-electron chi connectivity index (χ1n) is 21.5. The fraction of sp³-hybridized carbons (Fsp3) is 0. The molecule has 0 fully saturated rings. The van der Waals surface area contributed by atoms with Gasteiger partial charge in [-0.1, -0.05) is 176 Å². The van der Waals surface area contributed by atoms with Gasteiger partial charge in [0.25, 0.3) is 0 Å². The summed E-state index contributed by atoms with van der Waals surface area (Å²) in [5.74, 6) is 0.150. The number of hydrogen-bond acceptors (Lipinski definition) is 1. The first kappa shape index (κ1) is 16.9. The minimum absolute atomic E-state index is 0.0197. The Bertz CT molecular complexity index is 3180. The summed E-state index contributed by atoms with van der Waals surface area (Å²) in [6.45, 7) is 0. The van der Waals surface area contributed by atoms with Crippen molar-refractivity contribution in [1.29, 1.82) is 0 Å². The van der Waals surface area contributed by atoms with Crippen LogP contribution in [0.3, 0.4) is 0 Å². The Morgan fingerprint density at radius 2 is 0.894 bits per heavy atom. The second kappa shape index (κ2) is 11.3. The Morgan fingerprint density at radius 1 is 0.362 bits per heavy atom. The van der Waals surface area contributed by atoms with E-state index >= 15 is 0 Å². The zero-order valence-corrected chi connectivity index (χ0v) is 24.7. The molecule has 0 saturated carbocycles. The minimum Gasteiger partial charge on any atom is -0.455 e. The highest BCUT2D eigenvalue weighted by molar-refractivity contribution is 6.25. The summed E-state index contributed by atoms with van der Waals surface area (Å²) >= 11 is 0. The van der Waals surface area contributed by atoms with Crippen LogP contribution >= 0.6 is 0 Å². The van der Waals surface area contributed by atoms with Gasteiger partial charge in [0.1, 0.15) is 11.3 Å². The SMILES string of the molecule is [2H]c1c([2H])c([2H])c(-c2cccc3c(-c4c5c([2H])c([2H])c([2H])c([2H])c5c(-c5ccccc5)c5c([2H])c([2H])c([2H])c([2H])c45)c(-c4cccc(-c5ccccc5)c4)oc23)c([2H])c1[2H]. The van der Waals surface area contributed by atoms with E-state index in [2.05, 4.69) is 0 Å². The van der Waals surface area contributed by atoms with Crippen LogP contribution in [0.2, 0.25) is 0 Å². The summed E-state index contributed by atoms with van der Waals surface area (Å²) in [7, 11) is 0. The van der Waals surface area contributed by atoms with E-state index in [0.717, 1.165) is 11.1 Å². The molecular formula is C46H30O. The lowest BCUT2D eigenvalue weighted by Crippen LogP contribution is -1.91. The monoisotopic (exact) mass is 611 g/mol. The molecule has 0 aliphatic heterocycles. The lowest BCUT2D eigenvalue weighted by molar-refractivity contribution is 0.633. The lowest BCUT2D eigenvalue weighted by Gasteiger charge is -2.18. The molecule has 8 aromatic carbocycles. The zero-order valence-electron chi connectivity index (χ0n) is 37.7. The summed E-state index contributed by atoms with van der Waals surface area (Å²) in [5, 5.41) is 0.316. The van der Waals surface area contributed by atoms with E-state index in [1.807, 2.05) is 48.5 Å². The van der Waals surface area contributed by atoms with Gasteiger partial charge >= 0.3 is 0 Å². The van der Waals surface area contributed by atoms with Crippen molar-refractivity contribution in [2.75, 3.05) is 0 Å². The third-order valence-corrected chi connectivity index (χ3v) is 8.40. The number of rotatable bonds is 5. The van der Waals surface area contributed by atoms with E-state index in [4.69, 9.17) is 16.8 Å². The predicted molar refractivity (Wildman–Crippen MR) is 198 cm³/mol. The molecule has 0 atom stereocenters. The molecule has 0 N–H and O–H groups in total. The smallest absolute Gasteiger partial charge is 0.143 e. The number of para-hydroxylation sites is 1. The molecule has 0 radical (unpaired) electrons. The summed E-state index contributed by atoms with van der Waals surface area (Å²) in [6.07, 6.45) is 0. The van der Waals surface area contributed by atoms with Gasteiger partial charge in [-0.25, -0.2) is 0 Å². The number of fused-ring (bicyclic) bond motifs is 3. The van der Waals surface area contributed by atoms with Crippen molar-refractivity contribution in [3.63, 3.8) is 0 Å². The van der Waals surface area contributed by atoms with Gasteiger partial charge in [0.15, 0.2) is 0 Å². The molecule has 1 heterocycles. The van der Waals surface area contributed by atoms with Crippen LogP contribution in [0.25, 0.3) is 88.3 Å². The standard InChI is InChI=1S/C46H30O/c1-4-16-31(17-5-1)34-22-14-23-35(30-34)45-44(41-29-15-28-36(46(41)47-45)32-18-6-2-7-19-32)43-39-26-12-10-24-37(39)42(33-20-8-3-9-21-33)38-25-11-13-27-40(38)43/h1-30H/i2D,6D,7D,10D,11D,12D,13D,18D,19D,24D,25D,26D,27D. The topological polar surface area (TPSA) is 13.1 Å². The van der Waals surface area contributed by atoms with Gasteiger partial charge in [-0.3, -0.25) is 0 Å². The maximum Gasteiger partial charge on any atom is 0.143 e. The van der Waals surface area contributed by atoms with Gasteiger partial charge in [-0.05, 0) is 55.4 Å². The molecule has 0 bridgehead atoms. The molecule has 0 saturated heterocycles. The first-order chi connectivity index (χ1) is 28.7. The molecule has 220 valence electrons. The van der Waals surface area contributed by atoms with Crippen molar-refractivity contribution >= 4 is 32.5 Å². The molecule has 1 aromatic heterocycles. The van der Waals surface area contributed by atoms with E-state index in [1.54, 1.807) is 54.6 Å². The van der Waals surface area contributed by atoms with Crippen LogP contribution in [0.4, 0.5) is 0 Å². The van der Waals surface area contributed by atoms with Gasteiger partial charge in [0.2, 0.25) is 0 Å². The average Bonchev–Trinajstić information content (AvgIpc) is 3.67. The van der Waals surface area contributed by atoms with Crippen LogP contribution in [-0.4, -0.2) is 0 Å². The van der Waals surface area contributed by atoms with Crippen LogP contribution in [0.1, 0.15) is 17.8 Å². The molecule has 0 aliphatic carbocycles. The van der Waals surface area contributed by atoms with E-state index in [-0.39, 0.29) is 60.7 Å². The van der Waals surface area contributed by atoms with E-state index in [1.165, 1.54) is 0 Å². The Balaban J connectivity index is 1.57. The summed E-state index contributed by atoms with van der Waals surface area (Å²) in [5.41, 5.74) is 3.19. The second-order valence-corrected chi connectivity index (χ2v) is 11.1. The van der Waals surface area contributed by atoms with Crippen molar-refractivity contribution in [3.8, 4) is 55.8 Å². The molecule has 1 heteroatoms. The highest BCUT2D eigenvalue weighted by atomic mass is 16.3. The van der Waals surface area contributed by atoms with Crippen LogP contribution in [-0.2, 0) is 0 Å². The molecule has 9 rings (SSSR count). The molecule has 0 spiro atoms. The van der Waals surface area contributed by atoms with Gasteiger partial charge in [0, 0.05) is 27.6 Å². The Labute approximate surface area is 292 Å². The van der Waals surface area contributed by atoms with Gasteiger partial charge in [0.05, 0.1) is 17.8 Å². The van der Waals surface area contributed by atoms with E-state index in [0.29, 0.717) is 16.5 Å². The molecule has 0 unspecified atom stereocenters. The summed E-state index contributed by atoms with van der Waals surface area (Å²) in [4.78, 5) is 0. The largest absolute Gasteiger partial charge is 0.455 e. The molecule has 0 aliphatic rings. The maximum atomic E-state index is 9.53. The van der Waals surface area contributed by atoms with Crippen molar-refractivity contribution in [2.45, 2.75) is 0 Å². The fourth-order valence-electron chi connectivity index (χ4n) is 6.39. The number of benzene rings is 8. The van der Waals surface area contributed by atoms with Gasteiger partial charge in [-0.2, -0.15) is 0 Å². The highest BCUT2D eigenvalue weighted by Gasteiger charge is 2.25. The molecule has 0 amide bonds. The minimum atomic E-state index is -0.570. The third kappa shape index (κ3) is 4.56. The Morgan fingerprint density at radius 3 is 1.55 bits per heavy atom. The van der Waals surface area contributed by atoms with Crippen molar-refractivity contribution in [2.24, 2.45) is 0 Å². The Kier molecular flexibility index (Phi) is 4.08. The van der Waals surface area contributed by atoms with Crippen LogP contribution in [0.5, 0.6) is 0 Å². The summed E-state index contributed by atoms with van der Waals surface area (Å²) < 4.78 is 123. The second-order valence-electron chi connectivity index (χ2n) is 11.1. The molecule has 47 heavy (non-hydrogen) atoms. The lowest BCUT2D eigenvalue weighted by atomic mass is 9.84. The number of furan rings is 1. The molecular weight excluding hydrogens is 569 g/mol. The first-order valence-corrected chi connectivity index (χ1v) is 15.0. The van der Waals surface area contributed by atoms with E-state index in [9.17, 15) is 5.48 Å². The predicted octanol–water partition coefficient (Wildman–Crippen LogP) is 13.1. The molecule has 9 aromatic rings. The third-order valence-electron chi connectivity index (χ3n) is 8.40. The number of hydrogen-bond donors (Lipinski definition) is 0. The zero-order chi connectivity index (χ0) is 42.5. The normalized spacial score (nSPS) is 15.3. The van der Waals surface area contributed by atoms with Crippen molar-refractivity contribution < 1.29 is 22.2 Å². The van der Waals surface area contributed by atoms with Gasteiger partial charge in [-0.15, -0.1) is 0 Å². The van der Waals surface area contributed by atoms with Crippen LogP contribution < -0.4 is 0 Å². The Hall–Kier alpha value is -6.18. The van der Waals surface area contributed by atoms with Crippen molar-refractivity contribution in [3.05, 3.63) is 182 Å². The molecule has 1 nitrogen and oxygen atoms in total. The van der Waals surface area contributed by atoms with Gasteiger partial charge < -0.3 is 4.42 Å². The van der Waals surface area contributed by atoms with Crippen LogP contribution in [0, 0.1) is 0 Å². The summed E-state index contributed by atoms with van der Waals surface area (Å²) in [6, 6.07) is 24.0. The average molecular weight is 612 g/mol. The van der Waals surface area contributed by atoms with Crippen molar-refractivity contribution in [1.82, 2.24) is 0 Å². The fourth-order valence-corrected chi connectivity index (χ4v) is 6.39. The van der Waals surface area contributed by atoms with Crippen LogP contribution in [0.15, 0.2) is 186 Å². The maximum absolute atomic E-state index is 9.53. The van der Waals surface area contributed by atoms with E-state index < -0.39 is 78.6 Å². The quantitative estimate of drug-likeness (QED) is 0.176. The highest BCUT2D eigenvalue weighted by Crippen LogP contribution is 2.50.